The monoisotopic (exact) mass is 417 g/mol. The molecule has 0 unspecified atom stereocenters. The Morgan fingerprint density at radius 3 is 2.77 bits per heavy atom. The van der Waals surface area contributed by atoms with E-state index >= 15 is 0 Å². The molecule has 0 aliphatic carbocycles. The number of aromatic nitrogens is 4. The van der Waals surface area contributed by atoms with Crippen LogP contribution >= 0.6 is 11.6 Å². The second kappa shape index (κ2) is 8.64. The molecule has 4 rings (SSSR count). The molecule has 0 saturated heterocycles. The molecule has 0 atom stereocenters. The van der Waals surface area contributed by atoms with Crippen LogP contribution in [0.2, 0.25) is 5.15 Å². The molecular formula is C22H16ClN5O2. The Hall–Kier alpha value is -3.89. The summed E-state index contributed by atoms with van der Waals surface area (Å²) < 4.78 is 11.4. The van der Waals surface area contributed by atoms with Gasteiger partial charge in [0, 0.05) is 23.4 Å². The summed E-state index contributed by atoms with van der Waals surface area (Å²) in [4.78, 5) is 19.3. The van der Waals surface area contributed by atoms with Crippen molar-refractivity contribution < 1.29 is 9.47 Å². The van der Waals surface area contributed by atoms with Gasteiger partial charge in [0.15, 0.2) is 12.3 Å². The number of ether oxygens (including phenoxy) is 2. The molecule has 0 radical (unpaired) electrons. The van der Waals surface area contributed by atoms with Crippen LogP contribution < -0.4 is 9.47 Å². The molecule has 0 aliphatic rings. The van der Waals surface area contributed by atoms with E-state index in [1.165, 1.54) is 0 Å². The lowest BCUT2D eigenvalue weighted by molar-refractivity contribution is 0.299. The summed E-state index contributed by atoms with van der Waals surface area (Å²) in [5.74, 6) is 2.30. The Labute approximate surface area is 178 Å². The van der Waals surface area contributed by atoms with Gasteiger partial charge in [0.1, 0.15) is 22.5 Å². The fourth-order valence-corrected chi connectivity index (χ4v) is 2.98. The molecule has 0 spiro atoms. The van der Waals surface area contributed by atoms with Crippen molar-refractivity contribution in [1.29, 1.82) is 0 Å². The first-order valence-electron chi connectivity index (χ1n) is 8.98. The highest BCUT2D eigenvalue weighted by Crippen LogP contribution is 2.33. The van der Waals surface area contributed by atoms with Gasteiger partial charge in [-0.15, -0.1) is 4.98 Å². The van der Waals surface area contributed by atoms with Gasteiger partial charge < -0.3 is 19.3 Å². The Bertz CT molecular complexity index is 1210. The van der Waals surface area contributed by atoms with Crippen molar-refractivity contribution in [3.63, 3.8) is 0 Å². The van der Waals surface area contributed by atoms with E-state index < -0.39 is 0 Å². The lowest BCUT2D eigenvalue weighted by Crippen LogP contribution is -1.98. The quantitative estimate of drug-likeness (QED) is 0.339. The van der Waals surface area contributed by atoms with Crippen LogP contribution in [0.15, 0.2) is 60.9 Å². The van der Waals surface area contributed by atoms with Crippen LogP contribution in [-0.4, -0.2) is 27.0 Å². The molecule has 0 amide bonds. The third-order valence-corrected chi connectivity index (χ3v) is 4.56. The predicted molar refractivity (Wildman–Crippen MR) is 114 cm³/mol. The molecule has 3 aromatic heterocycles. The summed E-state index contributed by atoms with van der Waals surface area (Å²) in [7, 11) is 1.60. The molecule has 148 valence electrons. The van der Waals surface area contributed by atoms with Gasteiger partial charge in [0.05, 0.1) is 19.0 Å². The molecule has 8 heteroatoms. The average molecular weight is 418 g/mol. The average Bonchev–Trinajstić information content (AvgIpc) is 3.28. The second-order valence-electron chi connectivity index (χ2n) is 6.26. The number of nitrogens with one attached hydrogen (secondary N) is 1. The Morgan fingerprint density at radius 1 is 1.10 bits per heavy atom. The number of methoxy groups -OCH3 is 1. The molecule has 7 nitrogen and oxygen atoms in total. The van der Waals surface area contributed by atoms with Crippen molar-refractivity contribution in [3.05, 3.63) is 83.2 Å². The molecule has 0 fully saturated rings. The Balaban J connectivity index is 1.54. The predicted octanol–water partition coefficient (Wildman–Crippen LogP) is 5.33. The van der Waals surface area contributed by atoms with Crippen LogP contribution in [-0.2, 0) is 6.61 Å². The summed E-state index contributed by atoms with van der Waals surface area (Å²) in [5, 5.41) is 0.429. The van der Waals surface area contributed by atoms with Gasteiger partial charge in [0.25, 0.3) is 5.82 Å². The van der Waals surface area contributed by atoms with Gasteiger partial charge in [-0.3, -0.25) is 0 Å². The first-order valence-corrected chi connectivity index (χ1v) is 9.35. The number of hydrogen-bond donors (Lipinski definition) is 1. The molecule has 0 bridgehead atoms. The van der Waals surface area contributed by atoms with Crippen molar-refractivity contribution in [3.8, 4) is 34.1 Å². The van der Waals surface area contributed by atoms with Gasteiger partial charge in [-0.1, -0.05) is 24.2 Å². The summed E-state index contributed by atoms with van der Waals surface area (Å²) in [5.41, 5.74) is 3.16. The number of hydrogen-bond acceptors (Lipinski definition) is 5. The van der Waals surface area contributed by atoms with E-state index in [-0.39, 0.29) is 6.61 Å². The normalized spacial score (nSPS) is 10.4. The molecule has 0 saturated carbocycles. The summed E-state index contributed by atoms with van der Waals surface area (Å²) >= 11 is 5.85. The topological polar surface area (TPSA) is 77.3 Å². The SMILES string of the molecule is [C-]#[N+]c1cccc(COc2ccc(-c3cnc(-c4ccc(Cl)nc4)[nH]3)c(OC)c2)n1. The molecular weight excluding hydrogens is 402 g/mol. The van der Waals surface area contributed by atoms with E-state index in [1.54, 1.807) is 43.8 Å². The lowest BCUT2D eigenvalue weighted by Gasteiger charge is -2.10. The number of H-pyrrole nitrogens is 1. The zero-order valence-corrected chi connectivity index (χ0v) is 16.7. The van der Waals surface area contributed by atoms with Crippen molar-refractivity contribution in [2.75, 3.05) is 7.11 Å². The number of rotatable bonds is 6. The fraction of sp³-hybridized carbons (Fsp3) is 0.0909. The van der Waals surface area contributed by atoms with Gasteiger partial charge in [-0.05, 0) is 36.4 Å². The van der Waals surface area contributed by atoms with Gasteiger partial charge in [-0.25, -0.2) is 9.97 Å². The van der Waals surface area contributed by atoms with E-state index in [9.17, 15) is 0 Å². The number of aromatic amines is 1. The zero-order chi connectivity index (χ0) is 20.9. The maximum atomic E-state index is 7.05. The minimum atomic E-state index is 0.254. The van der Waals surface area contributed by atoms with E-state index in [0.29, 0.717) is 34.0 Å². The molecule has 4 aromatic rings. The lowest BCUT2D eigenvalue weighted by atomic mass is 10.1. The van der Waals surface area contributed by atoms with E-state index in [2.05, 4.69) is 24.8 Å². The largest absolute Gasteiger partial charge is 0.496 e. The van der Waals surface area contributed by atoms with Gasteiger partial charge in [0.2, 0.25) is 0 Å². The number of imidazole rings is 1. The van der Waals surface area contributed by atoms with Crippen molar-refractivity contribution in [2.45, 2.75) is 6.61 Å². The van der Waals surface area contributed by atoms with Gasteiger partial charge >= 0.3 is 0 Å². The standard InChI is InChI=1S/C22H16ClN5O2/c1-24-21-5-3-4-15(27-21)13-30-16-7-8-17(19(10-16)29-2)18-12-26-22(28-18)14-6-9-20(23)25-11-14/h3-12H,13H2,2H3,(H,26,28). The van der Waals surface area contributed by atoms with Crippen LogP contribution in [0.3, 0.4) is 0 Å². The first-order chi connectivity index (χ1) is 14.7. The van der Waals surface area contributed by atoms with Crippen LogP contribution in [0.1, 0.15) is 5.69 Å². The minimum Gasteiger partial charge on any atom is -0.496 e. The van der Waals surface area contributed by atoms with E-state index in [1.807, 2.05) is 24.3 Å². The second-order valence-corrected chi connectivity index (χ2v) is 6.65. The molecule has 1 aromatic carbocycles. The Kier molecular flexibility index (Phi) is 5.59. The molecule has 1 N–H and O–H groups in total. The third-order valence-electron chi connectivity index (χ3n) is 4.33. The zero-order valence-electron chi connectivity index (χ0n) is 16.0. The van der Waals surface area contributed by atoms with Crippen molar-refractivity contribution in [2.24, 2.45) is 0 Å². The summed E-state index contributed by atoms with van der Waals surface area (Å²) in [6, 6.07) is 14.4. The number of benzene rings is 1. The van der Waals surface area contributed by atoms with Crippen LogP contribution in [0.4, 0.5) is 5.82 Å². The minimum absolute atomic E-state index is 0.254. The van der Waals surface area contributed by atoms with Crippen molar-refractivity contribution >= 4 is 17.4 Å². The number of pyridine rings is 2. The molecule has 3 heterocycles. The van der Waals surface area contributed by atoms with E-state index in [4.69, 9.17) is 27.6 Å². The maximum Gasteiger partial charge on any atom is 0.269 e. The third kappa shape index (κ3) is 4.24. The van der Waals surface area contributed by atoms with E-state index in [0.717, 1.165) is 16.8 Å². The molecule has 0 aliphatic heterocycles. The highest BCUT2D eigenvalue weighted by Gasteiger charge is 2.12. The highest BCUT2D eigenvalue weighted by atomic mass is 35.5. The highest BCUT2D eigenvalue weighted by molar-refractivity contribution is 6.29. The van der Waals surface area contributed by atoms with Crippen LogP contribution in [0.5, 0.6) is 11.5 Å². The first kappa shape index (κ1) is 19.4. The maximum absolute atomic E-state index is 7.05. The summed E-state index contributed by atoms with van der Waals surface area (Å²) in [6.07, 6.45) is 3.40. The van der Waals surface area contributed by atoms with Crippen molar-refractivity contribution in [1.82, 2.24) is 19.9 Å². The Morgan fingerprint density at radius 2 is 2.00 bits per heavy atom. The fourth-order valence-electron chi connectivity index (χ4n) is 2.87. The summed E-state index contributed by atoms with van der Waals surface area (Å²) in [6.45, 7) is 7.30. The molecule has 30 heavy (non-hydrogen) atoms. The van der Waals surface area contributed by atoms with Crippen LogP contribution in [0.25, 0.3) is 27.5 Å². The van der Waals surface area contributed by atoms with Crippen LogP contribution in [0, 0.1) is 6.57 Å². The van der Waals surface area contributed by atoms with Gasteiger partial charge in [-0.2, -0.15) is 0 Å². The number of halogens is 1. The smallest absolute Gasteiger partial charge is 0.269 e. The number of nitrogens with zero attached hydrogens (tertiary/aromatic N) is 4.